The molecule has 0 aromatic rings. The van der Waals surface area contributed by atoms with E-state index in [1.54, 1.807) is 0 Å². The van der Waals surface area contributed by atoms with Crippen LogP contribution in [-0.4, -0.2) is 33.6 Å². The Morgan fingerprint density at radius 3 is 2.23 bits per heavy atom. The first kappa shape index (κ1) is 15.4. The molecular formula is C19H32O3. The molecule has 126 valence electrons. The third-order valence-electron chi connectivity index (χ3n) is 8.61. The molecule has 4 aliphatic carbocycles. The van der Waals surface area contributed by atoms with Crippen molar-refractivity contribution in [3.63, 3.8) is 0 Å². The minimum atomic E-state index is -0.233. The zero-order chi connectivity index (χ0) is 15.7. The third-order valence-corrected chi connectivity index (χ3v) is 8.61. The van der Waals surface area contributed by atoms with Gasteiger partial charge in [-0.1, -0.05) is 13.8 Å². The van der Waals surface area contributed by atoms with Crippen LogP contribution in [0.3, 0.4) is 0 Å². The van der Waals surface area contributed by atoms with Gasteiger partial charge >= 0.3 is 0 Å². The second-order valence-corrected chi connectivity index (χ2v) is 9.36. The van der Waals surface area contributed by atoms with Gasteiger partial charge in [-0.05, 0) is 85.9 Å². The van der Waals surface area contributed by atoms with Crippen LogP contribution in [0.25, 0.3) is 0 Å². The molecule has 0 aromatic carbocycles. The van der Waals surface area contributed by atoms with Crippen molar-refractivity contribution >= 4 is 0 Å². The molecule has 4 rings (SSSR count). The molecule has 0 saturated heterocycles. The summed E-state index contributed by atoms with van der Waals surface area (Å²) in [5.41, 5.74) is 0.317. The SMILES string of the molecule is C[C@]12CC[C@H]3[C@@H]([C@H](O)CC4C[C@@H](O)CC[C@@]43C)[C@@H]1CC[C@@H]2O. The third kappa shape index (κ3) is 1.91. The summed E-state index contributed by atoms with van der Waals surface area (Å²) in [6, 6.07) is 0. The van der Waals surface area contributed by atoms with E-state index < -0.39 is 0 Å². The van der Waals surface area contributed by atoms with Crippen LogP contribution in [0.2, 0.25) is 0 Å². The van der Waals surface area contributed by atoms with E-state index in [2.05, 4.69) is 13.8 Å². The highest BCUT2D eigenvalue weighted by Gasteiger charge is 2.62. The largest absolute Gasteiger partial charge is 0.393 e. The molecule has 4 fully saturated rings. The van der Waals surface area contributed by atoms with Gasteiger partial charge in [0.05, 0.1) is 18.3 Å². The van der Waals surface area contributed by atoms with Gasteiger partial charge in [0.2, 0.25) is 0 Å². The average molecular weight is 308 g/mol. The second-order valence-electron chi connectivity index (χ2n) is 9.36. The van der Waals surface area contributed by atoms with E-state index in [9.17, 15) is 15.3 Å². The zero-order valence-electron chi connectivity index (χ0n) is 14.0. The Kier molecular flexibility index (Phi) is 3.46. The van der Waals surface area contributed by atoms with Crippen molar-refractivity contribution in [2.75, 3.05) is 0 Å². The number of rotatable bonds is 0. The van der Waals surface area contributed by atoms with Crippen molar-refractivity contribution < 1.29 is 15.3 Å². The maximum absolute atomic E-state index is 10.9. The Morgan fingerprint density at radius 2 is 1.45 bits per heavy atom. The van der Waals surface area contributed by atoms with Crippen LogP contribution >= 0.6 is 0 Å². The molecule has 4 saturated carbocycles. The molecule has 0 bridgehead atoms. The number of hydrogen-bond donors (Lipinski definition) is 3. The summed E-state index contributed by atoms with van der Waals surface area (Å²) in [4.78, 5) is 0. The van der Waals surface area contributed by atoms with Gasteiger partial charge in [-0.2, -0.15) is 0 Å². The first-order valence-corrected chi connectivity index (χ1v) is 9.40. The number of aliphatic hydroxyl groups excluding tert-OH is 3. The maximum atomic E-state index is 10.9. The van der Waals surface area contributed by atoms with Gasteiger partial charge in [0.1, 0.15) is 0 Å². The van der Waals surface area contributed by atoms with Gasteiger partial charge < -0.3 is 15.3 Å². The van der Waals surface area contributed by atoms with Gasteiger partial charge in [0, 0.05) is 0 Å². The quantitative estimate of drug-likeness (QED) is 0.645. The van der Waals surface area contributed by atoms with E-state index in [-0.39, 0.29) is 29.1 Å². The van der Waals surface area contributed by atoms with Crippen LogP contribution in [-0.2, 0) is 0 Å². The highest BCUT2D eigenvalue weighted by Crippen LogP contribution is 2.66. The van der Waals surface area contributed by atoms with Crippen LogP contribution < -0.4 is 0 Å². The molecular weight excluding hydrogens is 276 g/mol. The lowest BCUT2D eigenvalue weighted by Gasteiger charge is -2.62. The Bertz CT molecular complexity index is 452. The predicted molar refractivity (Wildman–Crippen MR) is 85.1 cm³/mol. The Morgan fingerprint density at radius 1 is 0.773 bits per heavy atom. The molecule has 3 nitrogen and oxygen atoms in total. The minimum Gasteiger partial charge on any atom is -0.393 e. The van der Waals surface area contributed by atoms with Crippen LogP contribution in [0, 0.1) is 34.5 Å². The monoisotopic (exact) mass is 308 g/mol. The molecule has 0 amide bonds. The van der Waals surface area contributed by atoms with Gasteiger partial charge in [0.15, 0.2) is 0 Å². The fraction of sp³-hybridized carbons (Fsp3) is 1.00. The standard InChI is InChI=1S/C19H32O3/c1-18-7-5-12(20)9-11(18)10-15(21)17-13-3-4-16(22)19(13,2)8-6-14(17)18/h11-17,20-22H,3-10H2,1-2H3/t11?,12-,13-,14-,15+,16-,17-,18-,19-/m0/s1. The highest BCUT2D eigenvalue weighted by molar-refractivity contribution is 5.11. The van der Waals surface area contributed by atoms with Crippen LogP contribution in [0.15, 0.2) is 0 Å². The number of hydrogen-bond acceptors (Lipinski definition) is 3. The predicted octanol–water partition coefficient (Wildman–Crippen LogP) is 2.72. The Hall–Kier alpha value is -0.120. The molecule has 3 heteroatoms. The van der Waals surface area contributed by atoms with Gasteiger partial charge in [-0.25, -0.2) is 0 Å². The molecule has 0 aliphatic heterocycles. The first-order valence-electron chi connectivity index (χ1n) is 9.40. The summed E-state index contributed by atoms with van der Waals surface area (Å²) in [5.74, 6) is 1.91. The lowest BCUT2D eigenvalue weighted by Crippen LogP contribution is -2.58. The Labute approximate surface area is 134 Å². The summed E-state index contributed by atoms with van der Waals surface area (Å²) in [6.45, 7) is 4.69. The molecule has 0 heterocycles. The summed E-state index contributed by atoms with van der Waals surface area (Å²) in [7, 11) is 0. The normalized spacial score (nSPS) is 61.2. The average Bonchev–Trinajstić information content (AvgIpc) is 2.77. The zero-order valence-corrected chi connectivity index (χ0v) is 14.0. The number of fused-ring (bicyclic) bond motifs is 5. The second kappa shape index (κ2) is 4.94. The molecule has 0 spiro atoms. The summed E-state index contributed by atoms with van der Waals surface area (Å²) >= 11 is 0. The smallest absolute Gasteiger partial charge is 0.0596 e. The van der Waals surface area contributed by atoms with Crippen LogP contribution in [0.4, 0.5) is 0 Å². The fourth-order valence-electron chi connectivity index (χ4n) is 7.17. The van der Waals surface area contributed by atoms with Crippen LogP contribution in [0.1, 0.15) is 65.2 Å². The van der Waals surface area contributed by atoms with E-state index >= 15 is 0 Å². The maximum Gasteiger partial charge on any atom is 0.0596 e. The molecule has 3 N–H and O–H groups in total. The molecule has 1 unspecified atom stereocenters. The number of aliphatic hydroxyl groups is 3. The van der Waals surface area contributed by atoms with Gasteiger partial charge in [-0.15, -0.1) is 0 Å². The van der Waals surface area contributed by atoms with Crippen molar-refractivity contribution in [1.82, 2.24) is 0 Å². The van der Waals surface area contributed by atoms with Crippen molar-refractivity contribution in [3.8, 4) is 0 Å². The first-order chi connectivity index (χ1) is 10.4. The van der Waals surface area contributed by atoms with E-state index in [1.807, 2.05) is 0 Å². The summed E-state index contributed by atoms with van der Waals surface area (Å²) in [5, 5.41) is 31.5. The summed E-state index contributed by atoms with van der Waals surface area (Å²) in [6.07, 6.45) is 7.45. The van der Waals surface area contributed by atoms with E-state index in [4.69, 9.17) is 0 Å². The molecule has 4 aliphatic rings. The van der Waals surface area contributed by atoms with Crippen molar-refractivity contribution in [3.05, 3.63) is 0 Å². The van der Waals surface area contributed by atoms with Crippen molar-refractivity contribution in [2.45, 2.75) is 83.5 Å². The molecule has 9 atom stereocenters. The van der Waals surface area contributed by atoms with Gasteiger partial charge in [-0.3, -0.25) is 0 Å². The molecule has 0 aromatic heterocycles. The van der Waals surface area contributed by atoms with Crippen molar-refractivity contribution in [2.24, 2.45) is 34.5 Å². The van der Waals surface area contributed by atoms with E-state index in [0.29, 0.717) is 23.7 Å². The molecule has 0 radical (unpaired) electrons. The fourth-order valence-corrected chi connectivity index (χ4v) is 7.17. The topological polar surface area (TPSA) is 60.7 Å². The van der Waals surface area contributed by atoms with E-state index in [0.717, 1.165) is 51.4 Å². The minimum absolute atomic E-state index is 0.0273. The van der Waals surface area contributed by atoms with E-state index in [1.165, 1.54) is 0 Å². The highest BCUT2D eigenvalue weighted by atomic mass is 16.3. The van der Waals surface area contributed by atoms with Crippen molar-refractivity contribution in [1.29, 1.82) is 0 Å². The molecule has 22 heavy (non-hydrogen) atoms. The summed E-state index contributed by atoms with van der Waals surface area (Å²) < 4.78 is 0. The van der Waals surface area contributed by atoms with Crippen LogP contribution in [0.5, 0.6) is 0 Å². The lowest BCUT2D eigenvalue weighted by molar-refractivity contribution is -0.176. The Balaban J connectivity index is 1.67. The lowest BCUT2D eigenvalue weighted by atomic mass is 9.44. The van der Waals surface area contributed by atoms with Gasteiger partial charge in [0.25, 0.3) is 0 Å².